The number of unbranched alkanes of at least 4 members (excludes halogenated alkanes) is 28. The van der Waals surface area contributed by atoms with Crippen molar-refractivity contribution in [2.24, 2.45) is 0 Å². The maximum Gasteiger partial charge on any atom is 0.306 e. The van der Waals surface area contributed by atoms with E-state index in [0.717, 1.165) is 128 Å². The van der Waals surface area contributed by atoms with E-state index in [1.54, 1.807) is 0 Å². The predicted molar refractivity (Wildman–Crippen MR) is 343 cm³/mol. The minimum Gasteiger partial charge on any atom is -0.462 e. The minimum atomic E-state index is -0.793. The van der Waals surface area contributed by atoms with Crippen molar-refractivity contribution >= 4 is 17.9 Å². The second-order valence-electron chi connectivity index (χ2n) is 21.6. The zero-order chi connectivity index (χ0) is 57.1. The highest BCUT2D eigenvalue weighted by Crippen LogP contribution is 2.17. The first-order valence-electron chi connectivity index (χ1n) is 33.0. The molecule has 0 aliphatic heterocycles. The van der Waals surface area contributed by atoms with Crippen LogP contribution >= 0.6 is 0 Å². The molecule has 0 spiro atoms. The van der Waals surface area contributed by atoms with E-state index >= 15 is 0 Å². The molecule has 0 saturated carbocycles. The van der Waals surface area contributed by atoms with Crippen molar-refractivity contribution in [3.63, 3.8) is 0 Å². The van der Waals surface area contributed by atoms with E-state index in [1.165, 1.54) is 135 Å². The molecular weight excluding hydrogens is 973 g/mol. The third-order valence-electron chi connectivity index (χ3n) is 14.0. The summed E-state index contributed by atoms with van der Waals surface area (Å²) in [4.78, 5) is 38.1. The van der Waals surface area contributed by atoms with Gasteiger partial charge in [0.05, 0.1) is 0 Å². The molecule has 6 heteroatoms. The molecule has 0 heterocycles. The Kier molecular flexibility index (Phi) is 62.8. The van der Waals surface area contributed by atoms with E-state index in [2.05, 4.69) is 142 Å². The molecule has 0 N–H and O–H groups in total. The van der Waals surface area contributed by atoms with Gasteiger partial charge in [-0.15, -0.1) is 0 Å². The van der Waals surface area contributed by atoms with Crippen LogP contribution in [-0.2, 0) is 28.6 Å². The molecule has 0 aliphatic rings. The van der Waals surface area contributed by atoms with Gasteiger partial charge in [0.2, 0.25) is 0 Å². The lowest BCUT2D eigenvalue weighted by molar-refractivity contribution is -0.167. The van der Waals surface area contributed by atoms with Crippen molar-refractivity contribution in [2.45, 2.75) is 309 Å². The Morgan fingerprint density at radius 3 is 0.785 bits per heavy atom. The number of hydrogen-bond acceptors (Lipinski definition) is 6. The molecule has 0 rings (SSSR count). The van der Waals surface area contributed by atoms with E-state index < -0.39 is 6.10 Å². The van der Waals surface area contributed by atoms with Crippen LogP contribution in [0.25, 0.3) is 0 Å². The van der Waals surface area contributed by atoms with E-state index in [4.69, 9.17) is 14.2 Å². The topological polar surface area (TPSA) is 78.9 Å². The molecule has 0 aromatic rings. The first-order chi connectivity index (χ1) is 39.0. The van der Waals surface area contributed by atoms with Crippen LogP contribution in [0.5, 0.6) is 0 Å². The Morgan fingerprint density at radius 1 is 0.266 bits per heavy atom. The van der Waals surface area contributed by atoms with E-state index in [1.807, 2.05) is 0 Å². The highest BCUT2D eigenvalue weighted by atomic mass is 16.6. The molecular formula is C73H122O6. The molecule has 0 aromatic heterocycles. The fourth-order valence-electron chi connectivity index (χ4n) is 9.09. The van der Waals surface area contributed by atoms with Crippen LogP contribution in [-0.4, -0.2) is 37.2 Å². The van der Waals surface area contributed by atoms with Crippen molar-refractivity contribution in [1.82, 2.24) is 0 Å². The summed E-state index contributed by atoms with van der Waals surface area (Å²) in [5.74, 6) is -0.922. The summed E-state index contributed by atoms with van der Waals surface area (Å²) >= 11 is 0. The van der Waals surface area contributed by atoms with Crippen molar-refractivity contribution in [1.29, 1.82) is 0 Å². The Morgan fingerprint density at radius 2 is 0.494 bits per heavy atom. The summed E-state index contributed by atoms with van der Waals surface area (Å²) < 4.78 is 16.8. The number of hydrogen-bond donors (Lipinski definition) is 0. The molecule has 79 heavy (non-hydrogen) atoms. The molecule has 0 bridgehead atoms. The van der Waals surface area contributed by atoms with Gasteiger partial charge in [-0.05, 0) is 109 Å². The zero-order valence-corrected chi connectivity index (χ0v) is 51.6. The van der Waals surface area contributed by atoms with Gasteiger partial charge in [0.25, 0.3) is 0 Å². The lowest BCUT2D eigenvalue weighted by Crippen LogP contribution is -2.30. The van der Waals surface area contributed by atoms with Crippen molar-refractivity contribution in [3.8, 4) is 0 Å². The summed E-state index contributed by atoms with van der Waals surface area (Å²) in [6, 6.07) is 0. The Hall–Kier alpha value is -4.19. The van der Waals surface area contributed by atoms with Crippen LogP contribution in [0.2, 0.25) is 0 Å². The standard InChI is InChI=1S/C73H122O6/c1-4-7-10-13-16-18-20-22-24-26-28-29-30-31-32-33-34-35-36-37-38-39-40-41-42-43-45-46-48-50-52-54-57-60-63-66-72(75)78-69-70(68-77-71(74)65-62-59-56-15-12-9-6-3)79-73(76)67-64-61-58-55-53-51-49-47-44-27-25-23-21-19-17-14-11-8-5-2/h7-8,10-11,16-19,22-25,28-29,31-32,44,47,51,53,70H,4-6,9,12-15,20-21,26-27,30,33-43,45-46,48-50,52,54-69H2,1-3H3/b10-7-,11-8-,18-16-,19-17-,24-22-,25-23-,29-28-,32-31-,47-44-,53-51-. The number of esters is 3. The average Bonchev–Trinajstić information content (AvgIpc) is 3.45. The summed E-state index contributed by atoms with van der Waals surface area (Å²) in [7, 11) is 0. The summed E-state index contributed by atoms with van der Waals surface area (Å²) in [6.45, 7) is 6.36. The number of ether oxygens (including phenoxy) is 3. The quantitative estimate of drug-likeness (QED) is 0.0261. The molecule has 0 radical (unpaired) electrons. The van der Waals surface area contributed by atoms with E-state index in [9.17, 15) is 14.4 Å². The summed E-state index contributed by atoms with van der Waals surface area (Å²) in [6.07, 6.45) is 92.5. The normalized spacial score (nSPS) is 12.9. The first-order valence-corrected chi connectivity index (χ1v) is 33.0. The van der Waals surface area contributed by atoms with Gasteiger partial charge in [-0.3, -0.25) is 14.4 Å². The summed E-state index contributed by atoms with van der Waals surface area (Å²) in [5, 5.41) is 0. The molecule has 0 saturated heterocycles. The molecule has 6 nitrogen and oxygen atoms in total. The second kappa shape index (κ2) is 66.3. The maximum atomic E-state index is 12.8. The van der Waals surface area contributed by atoms with Crippen LogP contribution in [0.15, 0.2) is 122 Å². The van der Waals surface area contributed by atoms with Crippen LogP contribution < -0.4 is 0 Å². The van der Waals surface area contributed by atoms with Crippen LogP contribution in [0.3, 0.4) is 0 Å². The highest BCUT2D eigenvalue weighted by molar-refractivity contribution is 5.71. The highest BCUT2D eigenvalue weighted by Gasteiger charge is 2.19. The van der Waals surface area contributed by atoms with Gasteiger partial charge in [-0.25, -0.2) is 0 Å². The fourth-order valence-corrected chi connectivity index (χ4v) is 9.09. The Labute approximate surface area is 488 Å². The maximum absolute atomic E-state index is 12.8. The zero-order valence-electron chi connectivity index (χ0n) is 51.6. The van der Waals surface area contributed by atoms with Gasteiger partial charge in [0.15, 0.2) is 6.10 Å². The van der Waals surface area contributed by atoms with Gasteiger partial charge in [-0.2, -0.15) is 0 Å². The van der Waals surface area contributed by atoms with Gasteiger partial charge in [0, 0.05) is 19.3 Å². The summed E-state index contributed by atoms with van der Waals surface area (Å²) in [5.41, 5.74) is 0. The number of carbonyl (C=O) groups is 3. The molecule has 0 aromatic carbocycles. The van der Waals surface area contributed by atoms with E-state index in [0.29, 0.717) is 12.8 Å². The number of carbonyl (C=O) groups excluding carboxylic acids is 3. The predicted octanol–water partition coefficient (Wildman–Crippen LogP) is 22.8. The molecule has 0 aliphatic carbocycles. The smallest absolute Gasteiger partial charge is 0.306 e. The SMILES string of the molecule is CC/C=C\C/C=C\C/C=C\C/C=C\C/C=C\CCCCCCCCCCCCCCCCCCCCCC(=O)OCC(COC(=O)CCCCCCCCC)OC(=O)CCCCC/C=C\C/C=C\C/C=C\C/C=C\C/C=C\CC. The minimum absolute atomic E-state index is 0.0896. The largest absolute Gasteiger partial charge is 0.462 e. The number of rotatable bonds is 59. The average molecular weight is 1100 g/mol. The Balaban J connectivity index is 4.05. The molecule has 1 atom stereocenters. The van der Waals surface area contributed by atoms with Gasteiger partial charge < -0.3 is 14.2 Å². The van der Waals surface area contributed by atoms with Gasteiger partial charge in [-0.1, -0.05) is 296 Å². The van der Waals surface area contributed by atoms with Crippen molar-refractivity contribution in [3.05, 3.63) is 122 Å². The van der Waals surface area contributed by atoms with Crippen LogP contribution in [0.4, 0.5) is 0 Å². The fraction of sp³-hybridized carbons (Fsp3) is 0.685. The second-order valence-corrected chi connectivity index (χ2v) is 21.6. The van der Waals surface area contributed by atoms with E-state index in [-0.39, 0.29) is 37.5 Å². The molecule has 450 valence electrons. The molecule has 1 unspecified atom stereocenters. The van der Waals surface area contributed by atoms with Crippen molar-refractivity contribution < 1.29 is 28.6 Å². The van der Waals surface area contributed by atoms with Gasteiger partial charge in [0.1, 0.15) is 13.2 Å². The Bertz CT molecular complexity index is 1640. The third-order valence-corrected chi connectivity index (χ3v) is 14.0. The van der Waals surface area contributed by atoms with Crippen LogP contribution in [0, 0.1) is 0 Å². The third kappa shape index (κ3) is 64.5. The van der Waals surface area contributed by atoms with Crippen molar-refractivity contribution in [2.75, 3.05) is 13.2 Å². The first kappa shape index (κ1) is 74.8. The lowest BCUT2D eigenvalue weighted by Gasteiger charge is -2.18. The lowest BCUT2D eigenvalue weighted by atomic mass is 10.0. The molecule has 0 fully saturated rings. The van der Waals surface area contributed by atoms with Crippen LogP contribution in [0.1, 0.15) is 303 Å². The monoisotopic (exact) mass is 1090 g/mol. The molecule has 0 amide bonds. The van der Waals surface area contributed by atoms with Gasteiger partial charge >= 0.3 is 17.9 Å². The number of allylic oxidation sites excluding steroid dienone is 20.